The molecule has 17 heavy (non-hydrogen) atoms. The number of aldehydes is 1. The molecule has 0 radical (unpaired) electrons. The van der Waals surface area contributed by atoms with Crippen LogP contribution >= 0.6 is 11.3 Å². The molecule has 0 aliphatic heterocycles. The van der Waals surface area contributed by atoms with Crippen LogP contribution in [0.4, 0.5) is 5.00 Å². The molecule has 0 aliphatic carbocycles. The van der Waals surface area contributed by atoms with Gasteiger partial charge in [-0.3, -0.25) is 9.78 Å². The molecule has 0 fully saturated rings. The largest absolute Gasteiger partial charge is 0.359 e. The Kier molecular flexibility index (Phi) is 3.88. The van der Waals surface area contributed by atoms with Crippen molar-refractivity contribution >= 4 is 22.6 Å². The second-order valence-electron chi connectivity index (χ2n) is 3.66. The molecule has 88 valence electrons. The van der Waals surface area contributed by atoms with Crippen molar-refractivity contribution in [2.75, 3.05) is 11.4 Å². The van der Waals surface area contributed by atoms with E-state index in [1.54, 1.807) is 12.4 Å². The molecule has 2 aromatic rings. The fourth-order valence-electron chi connectivity index (χ4n) is 1.63. The van der Waals surface area contributed by atoms with Crippen LogP contribution in [0.1, 0.15) is 22.2 Å². The Morgan fingerprint density at radius 3 is 2.65 bits per heavy atom. The molecular weight excluding hydrogens is 232 g/mol. The van der Waals surface area contributed by atoms with Gasteiger partial charge in [0, 0.05) is 25.5 Å². The van der Waals surface area contributed by atoms with E-state index in [1.165, 1.54) is 16.9 Å². The van der Waals surface area contributed by atoms with E-state index in [-0.39, 0.29) is 0 Å². The maximum Gasteiger partial charge on any atom is 0.160 e. The van der Waals surface area contributed by atoms with E-state index in [0.717, 1.165) is 29.3 Å². The number of anilines is 1. The van der Waals surface area contributed by atoms with Crippen LogP contribution in [0.3, 0.4) is 0 Å². The molecule has 0 atom stereocenters. The Hall–Kier alpha value is -1.68. The molecule has 0 unspecified atom stereocenters. The molecule has 4 heteroatoms. The summed E-state index contributed by atoms with van der Waals surface area (Å²) >= 11 is 1.53. The summed E-state index contributed by atoms with van der Waals surface area (Å²) in [5.74, 6) is 0. The van der Waals surface area contributed by atoms with Crippen molar-refractivity contribution in [3.63, 3.8) is 0 Å². The molecule has 0 saturated carbocycles. The van der Waals surface area contributed by atoms with Crippen LogP contribution in [0.25, 0.3) is 0 Å². The van der Waals surface area contributed by atoms with E-state index in [0.29, 0.717) is 0 Å². The number of aromatic nitrogens is 1. The standard InChI is InChI=1S/C13H14N2OS/c1-2-15(9-11-5-7-14-8-6-11)13-4-3-12(10-16)17-13/h3-8,10H,2,9H2,1H3. The summed E-state index contributed by atoms with van der Waals surface area (Å²) in [5, 5.41) is 1.13. The lowest BCUT2D eigenvalue weighted by Crippen LogP contribution is -2.20. The van der Waals surface area contributed by atoms with Gasteiger partial charge in [-0.2, -0.15) is 0 Å². The molecule has 0 aromatic carbocycles. The van der Waals surface area contributed by atoms with Crippen LogP contribution in [0, 0.1) is 0 Å². The van der Waals surface area contributed by atoms with Crippen molar-refractivity contribution in [2.24, 2.45) is 0 Å². The normalized spacial score (nSPS) is 10.2. The predicted octanol–water partition coefficient (Wildman–Crippen LogP) is 2.98. The quantitative estimate of drug-likeness (QED) is 0.760. The lowest BCUT2D eigenvalue weighted by molar-refractivity contribution is 0.112. The van der Waals surface area contributed by atoms with Crippen LogP contribution in [0.5, 0.6) is 0 Å². The highest BCUT2D eigenvalue weighted by molar-refractivity contribution is 7.17. The topological polar surface area (TPSA) is 33.2 Å². The highest BCUT2D eigenvalue weighted by atomic mass is 32.1. The molecule has 2 aromatic heterocycles. The van der Waals surface area contributed by atoms with Crippen molar-refractivity contribution in [2.45, 2.75) is 13.5 Å². The third-order valence-corrected chi connectivity index (χ3v) is 3.62. The van der Waals surface area contributed by atoms with E-state index in [2.05, 4.69) is 16.8 Å². The molecule has 2 heterocycles. The van der Waals surface area contributed by atoms with Gasteiger partial charge >= 0.3 is 0 Å². The van der Waals surface area contributed by atoms with E-state index in [4.69, 9.17) is 0 Å². The third-order valence-electron chi connectivity index (χ3n) is 2.54. The summed E-state index contributed by atoms with van der Waals surface area (Å²) in [5.41, 5.74) is 1.22. The number of nitrogens with zero attached hydrogens (tertiary/aromatic N) is 2. The van der Waals surface area contributed by atoms with Gasteiger partial charge in [0.1, 0.15) is 0 Å². The average molecular weight is 246 g/mol. The molecule has 0 bridgehead atoms. The highest BCUT2D eigenvalue weighted by Crippen LogP contribution is 2.26. The van der Waals surface area contributed by atoms with Gasteiger partial charge in [0.05, 0.1) is 9.88 Å². The Balaban J connectivity index is 2.14. The third kappa shape index (κ3) is 2.91. The van der Waals surface area contributed by atoms with Crippen molar-refractivity contribution in [1.82, 2.24) is 4.98 Å². The van der Waals surface area contributed by atoms with Crippen molar-refractivity contribution in [3.05, 3.63) is 47.1 Å². The number of hydrogen-bond donors (Lipinski definition) is 0. The minimum absolute atomic E-state index is 0.771. The van der Waals surface area contributed by atoms with E-state index in [1.807, 2.05) is 24.3 Å². The Morgan fingerprint density at radius 2 is 2.06 bits per heavy atom. The fourth-order valence-corrected chi connectivity index (χ4v) is 2.51. The number of rotatable bonds is 5. The Morgan fingerprint density at radius 1 is 1.29 bits per heavy atom. The van der Waals surface area contributed by atoms with E-state index >= 15 is 0 Å². The zero-order valence-electron chi connectivity index (χ0n) is 9.67. The highest BCUT2D eigenvalue weighted by Gasteiger charge is 2.08. The van der Waals surface area contributed by atoms with Crippen LogP contribution in [-0.4, -0.2) is 17.8 Å². The minimum atomic E-state index is 0.771. The van der Waals surface area contributed by atoms with Crippen LogP contribution in [-0.2, 0) is 6.54 Å². The fraction of sp³-hybridized carbons (Fsp3) is 0.231. The molecule has 0 spiro atoms. The summed E-state index contributed by atoms with van der Waals surface area (Å²) in [6.45, 7) is 3.88. The van der Waals surface area contributed by atoms with Gasteiger partial charge in [-0.1, -0.05) is 0 Å². The molecular formula is C13H14N2OS. The van der Waals surface area contributed by atoms with Crippen molar-refractivity contribution in [3.8, 4) is 0 Å². The van der Waals surface area contributed by atoms with Crippen LogP contribution < -0.4 is 4.90 Å². The zero-order valence-corrected chi connectivity index (χ0v) is 10.5. The summed E-state index contributed by atoms with van der Waals surface area (Å²) in [6.07, 6.45) is 4.50. The van der Waals surface area contributed by atoms with Gasteiger partial charge in [-0.05, 0) is 36.8 Å². The van der Waals surface area contributed by atoms with Crippen LogP contribution in [0.2, 0.25) is 0 Å². The summed E-state index contributed by atoms with van der Waals surface area (Å²) in [7, 11) is 0. The maximum atomic E-state index is 10.7. The van der Waals surface area contributed by atoms with Gasteiger partial charge in [-0.25, -0.2) is 0 Å². The monoisotopic (exact) mass is 246 g/mol. The lowest BCUT2D eigenvalue weighted by atomic mass is 10.2. The van der Waals surface area contributed by atoms with E-state index < -0.39 is 0 Å². The van der Waals surface area contributed by atoms with Crippen LogP contribution in [0.15, 0.2) is 36.7 Å². The molecule has 2 rings (SSSR count). The van der Waals surface area contributed by atoms with Gasteiger partial charge < -0.3 is 4.90 Å². The van der Waals surface area contributed by atoms with Gasteiger partial charge in [0.2, 0.25) is 0 Å². The first kappa shape index (κ1) is 11.8. The summed E-state index contributed by atoms with van der Waals surface area (Å²) in [4.78, 5) is 17.7. The van der Waals surface area contributed by atoms with Gasteiger partial charge in [-0.15, -0.1) is 11.3 Å². The molecule has 3 nitrogen and oxygen atoms in total. The smallest absolute Gasteiger partial charge is 0.160 e. The molecule has 0 aliphatic rings. The van der Waals surface area contributed by atoms with Gasteiger partial charge in [0.15, 0.2) is 6.29 Å². The number of carbonyl (C=O) groups is 1. The molecule has 0 amide bonds. The molecule has 0 N–H and O–H groups in total. The average Bonchev–Trinajstić information content (AvgIpc) is 2.86. The first-order valence-electron chi connectivity index (χ1n) is 5.52. The Bertz CT molecular complexity index is 481. The Labute approximate surface area is 105 Å². The number of pyridine rings is 1. The first-order chi connectivity index (χ1) is 8.33. The molecule has 0 saturated heterocycles. The number of carbonyl (C=O) groups excluding carboxylic acids is 1. The summed E-state index contributed by atoms with van der Waals surface area (Å²) < 4.78 is 0. The maximum absolute atomic E-state index is 10.7. The SMILES string of the molecule is CCN(Cc1ccncc1)c1ccc(C=O)s1. The predicted molar refractivity (Wildman–Crippen MR) is 70.7 cm³/mol. The van der Waals surface area contributed by atoms with Crippen molar-refractivity contribution < 1.29 is 4.79 Å². The minimum Gasteiger partial charge on any atom is -0.359 e. The lowest BCUT2D eigenvalue weighted by Gasteiger charge is -2.20. The second-order valence-corrected chi connectivity index (χ2v) is 4.76. The number of hydrogen-bond acceptors (Lipinski definition) is 4. The summed E-state index contributed by atoms with van der Waals surface area (Å²) in [6, 6.07) is 7.88. The van der Waals surface area contributed by atoms with E-state index in [9.17, 15) is 4.79 Å². The zero-order chi connectivity index (χ0) is 12.1. The van der Waals surface area contributed by atoms with Crippen molar-refractivity contribution in [1.29, 1.82) is 0 Å². The first-order valence-corrected chi connectivity index (χ1v) is 6.34. The number of thiophene rings is 1. The van der Waals surface area contributed by atoms with Gasteiger partial charge in [0.25, 0.3) is 0 Å². The second kappa shape index (κ2) is 5.59.